The van der Waals surface area contributed by atoms with Gasteiger partial charge in [0.15, 0.2) is 0 Å². The van der Waals surface area contributed by atoms with E-state index in [4.69, 9.17) is 9.47 Å². The van der Waals surface area contributed by atoms with Gasteiger partial charge in [0.1, 0.15) is 11.5 Å². The molecule has 0 saturated carbocycles. The van der Waals surface area contributed by atoms with E-state index in [9.17, 15) is 0 Å². The average Bonchev–Trinajstić information content (AvgIpc) is 2.89. The number of hydrogen-bond donors (Lipinski definition) is 1. The second-order valence-electron chi connectivity index (χ2n) is 6.43. The van der Waals surface area contributed by atoms with Crippen molar-refractivity contribution in [2.75, 3.05) is 40.4 Å². The number of ether oxygens (including phenoxy) is 2. The highest BCUT2D eigenvalue weighted by Gasteiger charge is 2.38. The molecule has 0 aromatic heterocycles. The molecule has 3 rings (SSSR count). The van der Waals surface area contributed by atoms with Gasteiger partial charge in [-0.25, -0.2) is 0 Å². The van der Waals surface area contributed by atoms with Crippen LogP contribution in [-0.2, 0) is 6.54 Å². The Morgan fingerprint density at radius 3 is 2.27 bits per heavy atom. The zero-order chi connectivity index (χ0) is 14.7. The van der Waals surface area contributed by atoms with Crippen LogP contribution in [0.1, 0.15) is 24.8 Å². The molecule has 0 unspecified atom stereocenters. The molecule has 22 heavy (non-hydrogen) atoms. The number of piperidine rings is 1. The Hall–Kier alpha value is -0.970. The first-order valence-corrected chi connectivity index (χ1v) is 7.88. The van der Waals surface area contributed by atoms with E-state index in [0.29, 0.717) is 5.41 Å². The predicted molar refractivity (Wildman–Crippen MR) is 91.2 cm³/mol. The molecule has 1 N–H and O–H groups in total. The van der Waals surface area contributed by atoms with Crippen LogP contribution >= 0.6 is 12.4 Å². The second kappa shape index (κ2) is 7.53. The molecule has 2 heterocycles. The van der Waals surface area contributed by atoms with E-state index in [1.807, 2.05) is 6.07 Å². The third kappa shape index (κ3) is 3.86. The maximum Gasteiger partial charge on any atom is 0.122 e. The van der Waals surface area contributed by atoms with Gasteiger partial charge in [-0.2, -0.15) is 0 Å². The molecule has 2 saturated heterocycles. The molecule has 2 aliphatic rings. The van der Waals surface area contributed by atoms with Gasteiger partial charge in [-0.05, 0) is 62.0 Å². The van der Waals surface area contributed by atoms with Gasteiger partial charge in [-0.15, -0.1) is 12.4 Å². The van der Waals surface area contributed by atoms with Crippen molar-refractivity contribution in [2.45, 2.75) is 25.8 Å². The molecular weight excluding hydrogens is 300 g/mol. The summed E-state index contributed by atoms with van der Waals surface area (Å²) in [6, 6.07) is 6.17. The number of hydrogen-bond acceptors (Lipinski definition) is 4. The summed E-state index contributed by atoms with van der Waals surface area (Å²) in [6.07, 6.45) is 3.99. The number of likely N-dealkylation sites (tertiary alicyclic amines) is 1. The summed E-state index contributed by atoms with van der Waals surface area (Å²) in [4.78, 5) is 2.58. The van der Waals surface area contributed by atoms with Gasteiger partial charge in [-0.3, -0.25) is 4.90 Å². The molecule has 2 fully saturated rings. The molecule has 1 aromatic rings. The first-order chi connectivity index (χ1) is 10.2. The SMILES string of the molecule is COc1cc(CN2CCC3(CCNCC3)C2)cc(OC)c1.Cl. The molecular formula is C17H27ClN2O2. The average molecular weight is 327 g/mol. The summed E-state index contributed by atoms with van der Waals surface area (Å²) in [7, 11) is 3.41. The highest BCUT2D eigenvalue weighted by molar-refractivity contribution is 5.85. The minimum Gasteiger partial charge on any atom is -0.497 e. The summed E-state index contributed by atoms with van der Waals surface area (Å²) >= 11 is 0. The van der Waals surface area contributed by atoms with Crippen molar-refractivity contribution in [2.24, 2.45) is 5.41 Å². The van der Waals surface area contributed by atoms with Gasteiger partial charge in [-0.1, -0.05) is 0 Å². The van der Waals surface area contributed by atoms with E-state index in [-0.39, 0.29) is 12.4 Å². The Morgan fingerprint density at radius 1 is 1.05 bits per heavy atom. The van der Waals surface area contributed by atoms with Crippen LogP contribution in [0.15, 0.2) is 18.2 Å². The van der Waals surface area contributed by atoms with Crippen molar-refractivity contribution in [1.82, 2.24) is 10.2 Å². The van der Waals surface area contributed by atoms with E-state index in [2.05, 4.69) is 22.3 Å². The smallest absolute Gasteiger partial charge is 0.122 e. The molecule has 2 aliphatic heterocycles. The van der Waals surface area contributed by atoms with Crippen LogP contribution in [0.4, 0.5) is 0 Å². The van der Waals surface area contributed by atoms with Gasteiger partial charge >= 0.3 is 0 Å². The molecule has 0 atom stereocenters. The minimum atomic E-state index is 0. The van der Waals surface area contributed by atoms with Gasteiger partial charge in [0.25, 0.3) is 0 Å². The number of benzene rings is 1. The third-order valence-corrected chi connectivity index (χ3v) is 5.00. The second-order valence-corrected chi connectivity index (χ2v) is 6.43. The Kier molecular flexibility index (Phi) is 5.95. The minimum absolute atomic E-state index is 0. The van der Waals surface area contributed by atoms with Crippen molar-refractivity contribution >= 4 is 12.4 Å². The lowest BCUT2D eigenvalue weighted by Gasteiger charge is -2.34. The van der Waals surface area contributed by atoms with Crippen LogP contribution < -0.4 is 14.8 Å². The predicted octanol–water partition coefficient (Wildman–Crippen LogP) is 2.70. The van der Waals surface area contributed by atoms with Crippen molar-refractivity contribution < 1.29 is 9.47 Å². The third-order valence-electron chi connectivity index (χ3n) is 5.00. The molecule has 0 amide bonds. The van der Waals surface area contributed by atoms with Crippen LogP contribution in [0.5, 0.6) is 11.5 Å². The maximum absolute atomic E-state index is 5.36. The van der Waals surface area contributed by atoms with E-state index in [0.717, 1.165) is 18.0 Å². The van der Waals surface area contributed by atoms with Crippen LogP contribution in [0.2, 0.25) is 0 Å². The summed E-state index contributed by atoms with van der Waals surface area (Å²) in [5.41, 5.74) is 1.84. The molecule has 0 bridgehead atoms. The largest absolute Gasteiger partial charge is 0.497 e. The molecule has 0 aliphatic carbocycles. The number of rotatable bonds is 4. The number of halogens is 1. The highest BCUT2D eigenvalue weighted by Crippen LogP contribution is 2.39. The molecule has 5 heteroatoms. The van der Waals surface area contributed by atoms with Crippen molar-refractivity contribution in [1.29, 1.82) is 0 Å². The Morgan fingerprint density at radius 2 is 1.68 bits per heavy atom. The fourth-order valence-corrected chi connectivity index (χ4v) is 3.74. The van der Waals surface area contributed by atoms with Gasteiger partial charge in [0.05, 0.1) is 14.2 Å². The van der Waals surface area contributed by atoms with Crippen LogP contribution in [0, 0.1) is 5.41 Å². The van der Waals surface area contributed by atoms with E-state index in [1.165, 1.54) is 51.0 Å². The topological polar surface area (TPSA) is 33.7 Å². The van der Waals surface area contributed by atoms with E-state index >= 15 is 0 Å². The molecule has 0 radical (unpaired) electrons. The summed E-state index contributed by atoms with van der Waals surface area (Å²) in [6.45, 7) is 5.79. The van der Waals surface area contributed by atoms with Crippen LogP contribution in [0.3, 0.4) is 0 Å². The first kappa shape index (κ1) is 17.4. The van der Waals surface area contributed by atoms with Crippen molar-refractivity contribution in [3.05, 3.63) is 23.8 Å². The van der Waals surface area contributed by atoms with E-state index in [1.54, 1.807) is 14.2 Å². The normalized spacial score (nSPS) is 20.6. The zero-order valence-electron chi connectivity index (χ0n) is 13.6. The highest BCUT2D eigenvalue weighted by atomic mass is 35.5. The molecule has 1 aromatic carbocycles. The van der Waals surface area contributed by atoms with Crippen molar-refractivity contribution in [3.63, 3.8) is 0 Å². The number of methoxy groups -OCH3 is 2. The van der Waals surface area contributed by atoms with Crippen LogP contribution in [-0.4, -0.2) is 45.3 Å². The monoisotopic (exact) mass is 326 g/mol. The standard InChI is InChI=1S/C17H26N2O2.ClH/c1-20-15-9-14(10-16(11-15)21-2)12-19-8-5-17(13-19)3-6-18-7-4-17;/h9-11,18H,3-8,12-13H2,1-2H3;1H. The Bertz CT molecular complexity index is 467. The summed E-state index contributed by atoms with van der Waals surface area (Å²) < 4.78 is 10.7. The quantitative estimate of drug-likeness (QED) is 0.922. The Balaban J connectivity index is 0.00000176. The Labute approximate surface area is 139 Å². The molecule has 1 spiro atoms. The zero-order valence-corrected chi connectivity index (χ0v) is 14.4. The lowest BCUT2D eigenvalue weighted by atomic mass is 9.78. The van der Waals surface area contributed by atoms with Crippen LogP contribution in [0.25, 0.3) is 0 Å². The lowest BCUT2D eigenvalue weighted by molar-refractivity contribution is 0.194. The maximum atomic E-state index is 5.36. The number of nitrogens with one attached hydrogen (secondary N) is 1. The summed E-state index contributed by atoms with van der Waals surface area (Å²) in [5, 5.41) is 3.48. The van der Waals surface area contributed by atoms with Gasteiger partial charge < -0.3 is 14.8 Å². The van der Waals surface area contributed by atoms with Crippen molar-refractivity contribution in [3.8, 4) is 11.5 Å². The number of nitrogens with zero attached hydrogens (tertiary/aromatic N) is 1. The molecule has 124 valence electrons. The van der Waals surface area contributed by atoms with Gasteiger partial charge in [0.2, 0.25) is 0 Å². The van der Waals surface area contributed by atoms with Gasteiger partial charge in [0, 0.05) is 19.2 Å². The first-order valence-electron chi connectivity index (χ1n) is 7.88. The lowest BCUT2D eigenvalue weighted by Crippen LogP contribution is -2.38. The fraction of sp³-hybridized carbons (Fsp3) is 0.647. The summed E-state index contributed by atoms with van der Waals surface area (Å²) in [5.74, 6) is 1.75. The fourth-order valence-electron chi connectivity index (χ4n) is 3.74. The molecule has 4 nitrogen and oxygen atoms in total. The van der Waals surface area contributed by atoms with E-state index < -0.39 is 0 Å².